The van der Waals surface area contributed by atoms with Crippen molar-refractivity contribution in [2.24, 2.45) is 0 Å². The molecule has 0 fully saturated rings. The van der Waals surface area contributed by atoms with Gasteiger partial charge in [-0.25, -0.2) is 9.59 Å². The van der Waals surface area contributed by atoms with E-state index in [1.165, 1.54) is 7.11 Å². The lowest BCUT2D eigenvalue weighted by Gasteiger charge is -1.96. The van der Waals surface area contributed by atoms with Crippen LogP contribution < -0.4 is 0 Å². The van der Waals surface area contributed by atoms with Gasteiger partial charge in [-0.05, 0) is 24.3 Å². The smallest absolute Gasteiger partial charge is 0.331 e. The lowest BCUT2D eigenvalue weighted by molar-refractivity contribution is -0.145. The third kappa shape index (κ3) is 8.94. The van der Waals surface area contributed by atoms with E-state index in [0.717, 1.165) is 11.1 Å². The zero-order chi connectivity index (χ0) is 16.9. The first-order valence-electron chi connectivity index (χ1n) is 6.63. The Kier molecular flexibility index (Phi) is 8.62. The highest BCUT2D eigenvalue weighted by molar-refractivity contribution is 5.70. The summed E-state index contributed by atoms with van der Waals surface area (Å²) in [5.41, 5.74) is 1.57. The Labute approximate surface area is 134 Å². The minimum Gasteiger partial charge on any atom is -0.480 e. The monoisotopic (exact) mass is 316 g/mol. The molecule has 0 aliphatic carbocycles. The molecule has 6 heteroatoms. The van der Waals surface area contributed by atoms with Gasteiger partial charge in [0, 0.05) is 11.1 Å². The molecule has 1 N–H and O–H groups in total. The van der Waals surface area contributed by atoms with Crippen molar-refractivity contribution in [1.82, 2.24) is 0 Å². The zero-order valence-electron chi connectivity index (χ0n) is 12.6. The van der Waals surface area contributed by atoms with Gasteiger partial charge in [0.15, 0.2) is 0 Å². The van der Waals surface area contributed by atoms with Gasteiger partial charge in [0.05, 0.1) is 7.11 Å². The lowest BCUT2D eigenvalue weighted by Crippen LogP contribution is -2.10. The Morgan fingerprint density at radius 1 is 0.957 bits per heavy atom. The molecule has 0 atom stereocenters. The number of esters is 1. The maximum atomic E-state index is 10.8. The third-order valence-electron chi connectivity index (χ3n) is 2.37. The molecule has 0 saturated carbocycles. The van der Waals surface area contributed by atoms with E-state index in [1.807, 2.05) is 0 Å². The van der Waals surface area contributed by atoms with Crippen LogP contribution in [0, 0.1) is 23.7 Å². The second-order valence-corrected chi connectivity index (χ2v) is 4.14. The number of carbonyl (C=O) groups excluding carboxylic acids is 1. The summed E-state index contributed by atoms with van der Waals surface area (Å²) in [4.78, 5) is 21.0. The first-order valence-corrected chi connectivity index (χ1v) is 6.63. The van der Waals surface area contributed by atoms with Crippen molar-refractivity contribution in [3.05, 3.63) is 35.4 Å². The van der Waals surface area contributed by atoms with Gasteiger partial charge in [0.1, 0.15) is 26.4 Å². The second kappa shape index (κ2) is 10.9. The molecule has 0 spiro atoms. The number of ether oxygens (including phenoxy) is 3. The minimum atomic E-state index is -1.02. The number of methoxy groups -OCH3 is 1. The van der Waals surface area contributed by atoms with Crippen LogP contribution in [0.3, 0.4) is 0 Å². The Balaban J connectivity index is 2.37. The molecule has 1 rings (SSSR count). The molecule has 0 aromatic heterocycles. The summed E-state index contributed by atoms with van der Waals surface area (Å²) in [6.45, 7) is -0.284. The van der Waals surface area contributed by atoms with Gasteiger partial charge in [0.25, 0.3) is 0 Å². The van der Waals surface area contributed by atoms with Gasteiger partial charge >= 0.3 is 11.9 Å². The maximum Gasteiger partial charge on any atom is 0.331 e. The molecular weight excluding hydrogens is 300 g/mol. The van der Waals surface area contributed by atoms with Gasteiger partial charge in [-0.2, -0.15) is 0 Å². The van der Waals surface area contributed by atoms with Gasteiger partial charge in [-0.15, -0.1) is 0 Å². The fraction of sp³-hybridized carbons (Fsp3) is 0.294. The summed E-state index contributed by atoms with van der Waals surface area (Å²) in [7, 11) is 1.29. The van der Waals surface area contributed by atoms with Crippen LogP contribution in [0.25, 0.3) is 0 Å². The topological polar surface area (TPSA) is 82.1 Å². The number of carboxylic acids is 1. The maximum absolute atomic E-state index is 10.8. The van der Waals surface area contributed by atoms with Crippen molar-refractivity contribution >= 4 is 11.9 Å². The lowest BCUT2D eigenvalue weighted by atomic mass is 10.1. The summed E-state index contributed by atoms with van der Waals surface area (Å²) < 4.78 is 14.2. The van der Waals surface area contributed by atoms with E-state index in [2.05, 4.69) is 28.4 Å². The van der Waals surface area contributed by atoms with Crippen molar-refractivity contribution < 1.29 is 28.9 Å². The molecule has 6 nitrogen and oxygen atoms in total. The molecule has 1 aromatic carbocycles. The number of hydrogen-bond acceptors (Lipinski definition) is 5. The number of carbonyl (C=O) groups is 2. The molecule has 0 unspecified atom stereocenters. The van der Waals surface area contributed by atoms with E-state index < -0.39 is 11.9 Å². The SMILES string of the molecule is COC(=O)COCC#Cc1ccc(C#CCOCC(=O)O)cc1. The summed E-state index contributed by atoms with van der Waals surface area (Å²) >= 11 is 0. The van der Waals surface area contributed by atoms with Crippen LogP contribution >= 0.6 is 0 Å². The van der Waals surface area contributed by atoms with E-state index >= 15 is 0 Å². The van der Waals surface area contributed by atoms with Crippen molar-refractivity contribution in [1.29, 1.82) is 0 Å². The molecule has 0 saturated heterocycles. The number of carboxylic acid groups (broad SMARTS) is 1. The summed E-state index contributed by atoms with van der Waals surface area (Å²) in [5, 5.41) is 8.39. The van der Waals surface area contributed by atoms with E-state index in [0.29, 0.717) is 0 Å². The molecule has 23 heavy (non-hydrogen) atoms. The molecule has 0 aliphatic heterocycles. The Hall–Kier alpha value is -2.80. The van der Waals surface area contributed by atoms with Crippen molar-refractivity contribution in [2.75, 3.05) is 33.5 Å². The highest BCUT2D eigenvalue weighted by Crippen LogP contribution is 2.01. The Morgan fingerprint density at radius 2 is 1.43 bits per heavy atom. The molecule has 0 radical (unpaired) electrons. The Morgan fingerprint density at radius 3 is 1.87 bits per heavy atom. The molecule has 0 heterocycles. The van der Waals surface area contributed by atoms with Crippen LogP contribution in [0.5, 0.6) is 0 Å². The van der Waals surface area contributed by atoms with Crippen molar-refractivity contribution in [3.63, 3.8) is 0 Å². The van der Waals surface area contributed by atoms with Crippen LogP contribution in [-0.2, 0) is 23.8 Å². The van der Waals surface area contributed by atoms with Crippen LogP contribution in [-0.4, -0.2) is 50.6 Å². The number of benzene rings is 1. The first-order chi connectivity index (χ1) is 11.1. The predicted molar refractivity (Wildman–Crippen MR) is 81.5 cm³/mol. The van der Waals surface area contributed by atoms with Crippen LogP contribution in [0.4, 0.5) is 0 Å². The normalized spacial score (nSPS) is 9.09. The van der Waals surface area contributed by atoms with Gasteiger partial charge < -0.3 is 19.3 Å². The zero-order valence-corrected chi connectivity index (χ0v) is 12.6. The minimum absolute atomic E-state index is 0.0609. The fourth-order valence-corrected chi connectivity index (χ4v) is 1.35. The summed E-state index contributed by atoms with van der Waals surface area (Å²) in [6, 6.07) is 7.19. The van der Waals surface area contributed by atoms with Crippen molar-refractivity contribution in [2.45, 2.75) is 0 Å². The number of aliphatic carboxylic acids is 1. The first kappa shape index (κ1) is 18.2. The third-order valence-corrected chi connectivity index (χ3v) is 2.37. The highest BCUT2D eigenvalue weighted by Gasteiger charge is 1.97. The van der Waals surface area contributed by atoms with E-state index in [-0.39, 0.29) is 26.4 Å². The number of hydrogen-bond donors (Lipinski definition) is 1. The summed E-state index contributed by atoms with van der Waals surface area (Å²) in [6.07, 6.45) is 0. The molecule has 0 amide bonds. The standard InChI is InChI=1S/C17H16O6/c1-21-17(20)13-23-11-3-5-15-8-6-14(7-9-15)4-2-10-22-12-16(18)19/h6-9H,10-13H2,1H3,(H,18,19). The fourth-order valence-electron chi connectivity index (χ4n) is 1.35. The van der Waals surface area contributed by atoms with E-state index in [9.17, 15) is 9.59 Å². The van der Waals surface area contributed by atoms with Gasteiger partial charge in [-0.1, -0.05) is 23.7 Å². The van der Waals surface area contributed by atoms with E-state index in [4.69, 9.17) is 14.6 Å². The second-order valence-electron chi connectivity index (χ2n) is 4.14. The van der Waals surface area contributed by atoms with Gasteiger partial charge in [0.2, 0.25) is 0 Å². The van der Waals surface area contributed by atoms with Crippen LogP contribution in [0.15, 0.2) is 24.3 Å². The molecular formula is C17H16O6. The molecule has 120 valence electrons. The average molecular weight is 316 g/mol. The van der Waals surface area contributed by atoms with Gasteiger partial charge in [-0.3, -0.25) is 0 Å². The predicted octanol–water partition coefficient (Wildman–Crippen LogP) is 0.680. The van der Waals surface area contributed by atoms with Crippen LogP contribution in [0.1, 0.15) is 11.1 Å². The highest BCUT2D eigenvalue weighted by atomic mass is 16.6. The van der Waals surface area contributed by atoms with E-state index in [1.54, 1.807) is 24.3 Å². The van der Waals surface area contributed by atoms with Crippen molar-refractivity contribution in [3.8, 4) is 23.7 Å². The Bertz CT molecular complexity index is 640. The average Bonchev–Trinajstić information content (AvgIpc) is 2.55. The molecule has 0 bridgehead atoms. The number of rotatable bonds is 6. The van der Waals surface area contributed by atoms with Crippen LogP contribution in [0.2, 0.25) is 0 Å². The molecule has 0 aliphatic rings. The largest absolute Gasteiger partial charge is 0.480 e. The summed E-state index contributed by atoms with van der Waals surface area (Å²) in [5.74, 6) is 9.77. The quantitative estimate of drug-likeness (QED) is 0.472. The molecule has 1 aromatic rings.